The normalized spacial score (nSPS) is 37.0. The summed E-state index contributed by atoms with van der Waals surface area (Å²) >= 11 is 0. The number of nitrogens with zero attached hydrogens (tertiary/aromatic N) is 2. The first kappa shape index (κ1) is 8.57. The van der Waals surface area contributed by atoms with Crippen molar-refractivity contribution >= 4 is 6.03 Å². The maximum absolute atomic E-state index is 12.0. The number of hydrogen-bond donors (Lipinski definition) is 0. The molecule has 3 aliphatic heterocycles. The third-order valence-corrected chi connectivity index (χ3v) is 4.03. The van der Waals surface area contributed by atoms with Gasteiger partial charge in [0.15, 0.2) is 0 Å². The zero-order valence-electron chi connectivity index (χ0n) is 8.61. The van der Waals surface area contributed by atoms with Crippen molar-refractivity contribution in [2.24, 2.45) is 0 Å². The Morgan fingerprint density at radius 2 is 1.36 bits per heavy atom. The van der Waals surface area contributed by atoms with Gasteiger partial charge < -0.3 is 9.80 Å². The lowest BCUT2D eigenvalue weighted by molar-refractivity contribution is 0.174. The van der Waals surface area contributed by atoms with Gasteiger partial charge in [-0.2, -0.15) is 0 Å². The molecule has 0 aromatic carbocycles. The van der Waals surface area contributed by atoms with E-state index in [1.54, 1.807) is 0 Å². The molecule has 0 radical (unpaired) electrons. The van der Waals surface area contributed by atoms with Gasteiger partial charge in [0.05, 0.1) is 12.1 Å². The Bertz CT molecular complexity index is 230. The third-order valence-electron chi connectivity index (χ3n) is 4.03. The summed E-state index contributed by atoms with van der Waals surface area (Å²) in [6.07, 6.45) is 7.54. The lowest BCUT2D eigenvalue weighted by Gasteiger charge is -2.33. The first-order chi connectivity index (χ1) is 6.88. The van der Waals surface area contributed by atoms with Crippen LogP contribution >= 0.6 is 0 Å². The summed E-state index contributed by atoms with van der Waals surface area (Å²) in [5.74, 6) is 0. The second kappa shape index (κ2) is 3.14. The van der Waals surface area contributed by atoms with Gasteiger partial charge in [-0.1, -0.05) is 0 Å². The lowest BCUT2D eigenvalue weighted by atomic mass is 9.92. The molecule has 2 amide bonds. The van der Waals surface area contributed by atoms with Crippen LogP contribution in [-0.4, -0.2) is 41.0 Å². The van der Waals surface area contributed by atoms with E-state index < -0.39 is 0 Å². The van der Waals surface area contributed by atoms with Crippen molar-refractivity contribution in [2.45, 2.75) is 50.6 Å². The molecule has 0 spiro atoms. The van der Waals surface area contributed by atoms with E-state index >= 15 is 0 Å². The molecule has 0 aromatic rings. The molecule has 0 N–H and O–H groups in total. The molecule has 0 bridgehead atoms. The summed E-state index contributed by atoms with van der Waals surface area (Å²) in [5.41, 5.74) is 0. The summed E-state index contributed by atoms with van der Waals surface area (Å²) in [5, 5.41) is 0. The van der Waals surface area contributed by atoms with Crippen LogP contribution in [0.4, 0.5) is 4.79 Å². The molecule has 2 unspecified atom stereocenters. The molecule has 14 heavy (non-hydrogen) atoms. The van der Waals surface area contributed by atoms with E-state index in [1.807, 2.05) is 0 Å². The molecule has 3 fully saturated rings. The molecule has 3 heteroatoms. The van der Waals surface area contributed by atoms with E-state index in [0.717, 1.165) is 13.1 Å². The Hall–Kier alpha value is -0.730. The van der Waals surface area contributed by atoms with Crippen molar-refractivity contribution < 1.29 is 4.79 Å². The molecule has 2 atom stereocenters. The number of hydrogen-bond acceptors (Lipinski definition) is 1. The first-order valence-electron chi connectivity index (χ1n) is 5.95. The second-order valence-electron chi connectivity index (χ2n) is 4.80. The van der Waals surface area contributed by atoms with Gasteiger partial charge in [0.25, 0.3) is 0 Å². The number of fused-ring (bicyclic) bond motifs is 3. The predicted octanol–water partition coefficient (Wildman–Crippen LogP) is 1.83. The molecule has 0 saturated carbocycles. The second-order valence-corrected chi connectivity index (χ2v) is 4.80. The van der Waals surface area contributed by atoms with Crippen LogP contribution in [-0.2, 0) is 0 Å². The van der Waals surface area contributed by atoms with Crippen LogP contribution in [0.25, 0.3) is 0 Å². The topological polar surface area (TPSA) is 23.6 Å². The van der Waals surface area contributed by atoms with Crippen LogP contribution in [0.1, 0.15) is 38.5 Å². The highest BCUT2D eigenvalue weighted by molar-refractivity contribution is 5.78. The molecule has 3 aliphatic rings. The Balaban J connectivity index is 1.86. The van der Waals surface area contributed by atoms with Crippen molar-refractivity contribution in [3.8, 4) is 0 Å². The van der Waals surface area contributed by atoms with Crippen LogP contribution in [0.15, 0.2) is 0 Å². The van der Waals surface area contributed by atoms with Gasteiger partial charge in [0.1, 0.15) is 0 Å². The fourth-order valence-electron chi connectivity index (χ4n) is 3.35. The van der Waals surface area contributed by atoms with Gasteiger partial charge in [-0.05, 0) is 38.5 Å². The zero-order valence-corrected chi connectivity index (χ0v) is 8.61. The minimum Gasteiger partial charge on any atom is -0.320 e. The molecule has 3 saturated heterocycles. The summed E-state index contributed by atoms with van der Waals surface area (Å²) in [6.45, 7) is 2.02. The van der Waals surface area contributed by atoms with E-state index in [2.05, 4.69) is 9.80 Å². The lowest BCUT2D eigenvalue weighted by Crippen LogP contribution is -2.41. The van der Waals surface area contributed by atoms with E-state index in [0.29, 0.717) is 18.1 Å². The monoisotopic (exact) mass is 194 g/mol. The molecule has 3 nitrogen and oxygen atoms in total. The Kier molecular flexibility index (Phi) is 1.92. The van der Waals surface area contributed by atoms with E-state index in [1.165, 1.54) is 38.5 Å². The summed E-state index contributed by atoms with van der Waals surface area (Å²) in [4.78, 5) is 16.3. The number of urea groups is 1. The van der Waals surface area contributed by atoms with Crippen LogP contribution in [0.2, 0.25) is 0 Å². The number of amides is 2. The molecule has 0 aliphatic carbocycles. The highest BCUT2D eigenvalue weighted by Crippen LogP contribution is 2.35. The summed E-state index contributed by atoms with van der Waals surface area (Å²) in [6, 6.07) is 1.47. The molecule has 3 rings (SSSR count). The van der Waals surface area contributed by atoms with Crippen molar-refractivity contribution in [3.05, 3.63) is 0 Å². The number of piperidine rings is 2. The number of rotatable bonds is 0. The van der Waals surface area contributed by atoms with Crippen LogP contribution in [0.5, 0.6) is 0 Å². The van der Waals surface area contributed by atoms with Crippen molar-refractivity contribution in [1.82, 2.24) is 9.80 Å². The third kappa shape index (κ3) is 1.07. The van der Waals surface area contributed by atoms with E-state index in [9.17, 15) is 4.79 Å². The molecule has 3 heterocycles. The maximum atomic E-state index is 12.0. The standard InChI is InChI=1S/C11H18N2O/c14-11-12-7-3-1-5-9(12)10-6-2-4-8-13(10)11/h9-10H,1-8H2. The highest BCUT2D eigenvalue weighted by Gasteiger charge is 2.46. The molecule has 0 aromatic heterocycles. The maximum Gasteiger partial charge on any atom is 0.320 e. The van der Waals surface area contributed by atoms with Gasteiger partial charge in [-0.25, -0.2) is 4.79 Å². The largest absolute Gasteiger partial charge is 0.320 e. The van der Waals surface area contributed by atoms with Gasteiger partial charge in [0, 0.05) is 13.1 Å². The van der Waals surface area contributed by atoms with Crippen LogP contribution in [0.3, 0.4) is 0 Å². The SMILES string of the molecule is O=C1N2CCCCC2C2CCCCN12. The van der Waals surface area contributed by atoms with Gasteiger partial charge in [0.2, 0.25) is 0 Å². The minimum atomic E-state index is 0.333. The average molecular weight is 194 g/mol. The van der Waals surface area contributed by atoms with Gasteiger partial charge in [-0.15, -0.1) is 0 Å². The molecular weight excluding hydrogens is 176 g/mol. The van der Waals surface area contributed by atoms with E-state index in [-0.39, 0.29) is 0 Å². The Morgan fingerprint density at radius 3 is 1.86 bits per heavy atom. The minimum absolute atomic E-state index is 0.333. The fourth-order valence-corrected chi connectivity index (χ4v) is 3.35. The average Bonchev–Trinajstić information content (AvgIpc) is 2.55. The molecule has 78 valence electrons. The summed E-state index contributed by atoms with van der Waals surface area (Å²) in [7, 11) is 0. The van der Waals surface area contributed by atoms with Crippen LogP contribution in [0, 0.1) is 0 Å². The Labute approximate surface area is 85.1 Å². The van der Waals surface area contributed by atoms with Crippen molar-refractivity contribution in [3.63, 3.8) is 0 Å². The van der Waals surface area contributed by atoms with Gasteiger partial charge in [-0.3, -0.25) is 0 Å². The van der Waals surface area contributed by atoms with Crippen molar-refractivity contribution in [2.75, 3.05) is 13.1 Å². The van der Waals surface area contributed by atoms with Crippen molar-refractivity contribution in [1.29, 1.82) is 0 Å². The number of carbonyl (C=O) groups is 1. The number of carbonyl (C=O) groups excluding carboxylic acids is 1. The fraction of sp³-hybridized carbons (Fsp3) is 0.909. The predicted molar refractivity (Wildman–Crippen MR) is 54.1 cm³/mol. The smallest absolute Gasteiger partial charge is 0.320 e. The summed E-state index contributed by atoms with van der Waals surface area (Å²) < 4.78 is 0. The quantitative estimate of drug-likeness (QED) is 0.577. The van der Waals surface area contributed by atoms with E-state index in [4.69, 9.17) is 0 Å². The first-order valence-corrected chi connectivity index (χ1v) is 5.95. The van der Waals surface area contributed by atoms with Gasteiger partial charge >= 0.3 is 6.03 Å². The molecular formula is C11H18N2O. The highest BCUT2D eigenvalue weighted by atomic mass is 16.2. The van der Waals surface area contributed by atoms with Crippen LogP contribution < -0.4 is 0 Å². The zero-order chi connectivity index (χ0) is 9.54. The Morgan fingerprint density at radius 1 is 0.857 bits per heavy atom.